The van der Waals surface area contributed by atoms with Crippen LogP contribution in [0, 0.1) is 0 Å². The van der Waals surface area contributed by atoms with E-state index in [9.17, 15) is 0 Å². The number of hydrogen-bond donors (Lipinski definition) is 2. The summed E-state index contributed by atoms with van der Waals surface area (Å²) in [5, 5.41) is 0. The first-order valence-corrected chi connectivity index (χ1v) is 2.90. The zero-order chi connectivity index (χ0) is 6.57. The third-order valence-electron chi connectivity index (χ3n) is 1.09. The van der Waals surface area contributed by atoms with Gasteiger partial charge in [-0.05, 0) is 13.5 Å². The molecule has 0 aromatic heterocycles. The summed E-state index contributed by atoms with van der Waals surface area (Å²) < 4.78 is 0. The highest BCUT2D eigenvalue weighted by Gasteiger charge is 1.98. The van der Waals surface area contributed by atoms with Crippen molar-refractivity contribution in [1.82, 2.24) is 4.90 Å². The van der Waals surface area contributed by atoms with E-state index >= 15 is 0 Å². The lowest BCUT2D eigenvalue weighted by Gasteiger charge is -2.18. The first-order chi connectivity index (χ1) is 3.68. The normalized spacial score (nSPS) is 11.2. The standard InChI is InChI=1S/C5H15N3/c1-3-4-8(2)5(6)7/h5H,3-4,6-7H2,1-2H3. The average molecular weight is 117 g/mol. The van der Waals surface area contributed by atoms with Gasteiger partial charge in [-0.15, -0.1) is 0 Å². The van der Waals surface area contributed by atoms with Crippen molar-refractivity contribution in [2.24, 2.45) is 11.5 Å². The van der Waals surface area contributed by atoms with Gasteiger partial charge in [0, 0.05) is 6.54 Å². The fourth-order valence-corrected chi connectivity index (χ4v) is 0.502. The van der Waals surface area contributed by atoms with E-state index in [1.54, 1.807) is 0 Å². The smallest absolute Gasteiger partial charge is 0.109 e. The van der Waals surface area contributed by atoms with E-state index in [1.807, 2.05) is 11.9 Å². The molecule has 0 aromatic carbocycles. The van der Waals surface area contributed by atoms with Crippen LogP contribution in [0.3, 0.4) is 0 Å². The summed E-state index contributed by atoms with van der Waals surface area (Å²) in [4.78, 5) is 1.90. The Labute approximate surface area is 50.6 Å². The highest BCUT2D eigenvalue weighted by atomic mass is 15.3. The van der Waals surface area contributed by atoms with E-state index in [2.05, 4.69) is 6.92 Å². The summed E-state index contributed by atoms with van der Waals surface area (Å²) in [6.07, 6.45) is 0.802. The molecule has 0 fully saturated rings. The maximum absolute atomic E-state index is 5.33. The van der Waals surface area contributed by atoms with Crippen molar-refractivity contribution >= 4 is 0 Å². The molecule has 50 valence electrons. The van der Waals surface area contributed by atoms with Crippen molar-refractivity contribution in [3.63, 3.8) is 0 Å². The highest BCUT2D eigenvalue weighted by molar-refractivity contribution is 4.50. The molecule has 0 rings (SSSR count). The molecule has 0 amide bonds. The minimum absolute atomic E-state index is 0.296. The summed E-state index contributed by atoms with van der Waals surface area (Å²) in [5.41, 5.74) is 10.7. The van der Waals surface area contributed by atoms with Gasteiger partial charge < -0.3 is 11.5 Å². The van der Waals surface area contributed by atoms with E-state index in [0.717, 1.165) is 13.0 Å². The SMILES string of the molecule is CCCN(C)C(N)N. The van der Waals surface area contributed by atoms with Crippen LogP contribution in [0.25, 0.3) is 0 Å². The van der Waals surface area contributed by atoms with E-state index in [0.29, 0.717) is 0 Å². The average Bonchev–Trinajstić information content (AvgIpc) is 1.67. The second kappa shape index (κ2) is 3.83. The largest absolute Gasteiger partial charge is 0.304 e. The van der Waals surface area contributed by atoms with Gasteiger partial charge in [-0.3, -0.25) is 4.90 Å². The molecule has 0 aliphatic heterocycles. The van der Waals surface area contributed by atoms with Crippen LogP contribution in [-0.4, -0.2) is 24.8 Å². The summed E-state index contributed by atoms with van der Waals surface area (Å²) in [7, 11) is 1.91. The van der Waals surface area contributed by atoms with Crippen molar-refractivity contribution in [3.05, 3.63) is 0 Å². The fraction of sp³-hybridized carbons (Fsp3) is 1.00. The lowest BCUT2D eigenvalue weighted by molar-refractivity contribution is 0.253. The molecule has 0 unspecified atom stereocenters. The van der Waals surface area contributed by atoms with Gasteiger partial charge in [0.25, 0.3) is 0 Å². The maximum Gasteiger partial charge on any atom is 0.109 e. The van der Waals surface area contributed by atoms with E-state index in [4.69, 9.17) is 11.5 Å². The zero-order valence-electron chi connectivity index (χ0n) is 5.59. The van der Waals surface area contributed by atoms with E-state index in [-0.39, 0.29) is 6.29 Å². The van der Waals surface area contributed by atoms with E-state index in [1.165, 1.54) is 0 Å². The van der Waals surface area contributed by atoms with Crippen molar-refractivity contribution in [2.75, 3.05) is 13.6 Å². The quantitative estimate of drug-likeness (QED) is 0.491. The van der Waals surface area contributed by atoms with Gasteiger partial charge >= 0.3 is 0 Å². The lowest BCUT2D eigenvalue weighted by atomic mass is 10.4. The topological polar surface area (TPSA) is 55.3 Å². The summed E-state index contributed by atoms with van der Waals surface area (Å²) >= 11 is 0. The van der Waals surface area contributed by atoms with Gasteiger partial charge in [0.1, 0.15) is 6.29 Å². The van der Waals surface area contributed by atoms with Crippen LogP contribution in [0.4, 0.5) is 0 Å². The van der Waals surface area contributed by atoms with Crippen LogP contribution in [-0.2, 0) is 0 Å². The van der Waals surface area contributed by atoms with Crippen molar-refractivity contribution < 1.29 is 0 Å². The van der Waals surface area contributed by atoms with Crippen LogP contribution in [0.15, 0.2) is 0 Å². The first kappa shape index (κ1) is 7.88. The number of nitrogens with zero attached hydrogens (tertiary/aromatic N) is 1. The molecule has 0 aromatic rings. The molecule has 0 spiro atoms. The minimum Gasteiger partial charge on any atom is -0.304 e. The van der Waals surface area contributed by atoms with Crippen molar-refractivity contribution in [3.8, 4) is 0 Å². The van der Waals surface area contributed by atoms with Gasteiger partial charge in [-0.1, -0.05) is 6.92 Å². The van der Waals surface area contributed by atoms with Crippen LogP contribution in [0.1, 0.15) is 13.3 Å². The molecule has 0 aliphatic rings. The Balaban J connectivity index is 3.17. The fourth-order valence-electron chi connectivity index (χ4n) is 0.502. The molecular formula is C5H15N3. The highest BCUT2D eigenvalue weighted by Crippen LogP contribution is 1.83. The molecule has 0 bridgehead atoms. The van der Waals surface area contributed by atoms with Gasteiger partial charge in [0.15, 0.2) is 0 Å². The lowest BCUT2D eigenvalue weighted by Crippen LogP contribution is -2.46. The molecule has 0 radical (unpaired) electrons. The molecule has 0 atom stereocenters. The molecule has 8 heavy (non-hydrogen) atoms. The number of rotatable bonds is 3. The number of hydrogen-bond acceptors (Lipinski definition) is 3. The van der Waals surface area contributed by atoms with Crippen LogP contribution < -0.4 is 11.5 Å². The Hall–Kier alpha value is -0.120. The summed E-state index contributed by atoms with van der Waals surface area (Å²) in [5.74, 6) is 0. The third kappa shape index (κ3) is 2.96. The predicted molar refractivity (Wildman–Crippen MR) is 35.1 cm³/mol. The second-order valence-corrected chi connectivity index (χ2v) is 1.97. The maximum atomic E-state index is 5.33. The Kier molecular flexibility index (Phi) is 3.77. The molecule has 0 aliphatic carbocycles. The molecule has 3 heteroatoms. The van der Waals surface area contributed by atoms with Crippen LogP contribution in [0.2, 0.25) is 0 Å². The summed E-state index contributed by atoms with van der Waals surface area (Å²) in [6, 6.07) is 0. The zero-order valence-corrected chi connectivity index (χ0v) is 5.59. The Morgan fingerprint density at radius 2 is 2.00 bits per heavy atom. The van der Waals surface area contributed by atoms with Gasteiger partial charge in [0.2, 0.25) is 0 Å². The Morgan fingerprint density at radius 1 is 1.50 bits per heavy atom. The number of nitrogens with two attached hydrogens (primary N) is 2. The Morgan fingerprint density at radius 3 is 2.12 bits per heavy atom. The molecule has 0 saturated heterocycles. The third-order valence-corrected chi connectivity index (χ3v) is 1.09. The van der Waals surface area contributed by atoms with Crippen molar-refractivity contribution in [2.45, 2.75) is 19.6 Å². The Bertz CT molecular complexity index is 53.6. The predicted octanol–water partition coefficient (Wildman–Crippen LogP) is -0.471. The minimum atomic E-state index is -0.296. The molecule has 0 heterocycles. The molecule has 4 N–H and O–H groups in total. The van der Waals surface area contributed by atoms with Crippen LogP contribution >= 0.6 is 0 Å². The molecular weight excluding hydrogens is 102 g/mol. The second-order valence-electron chi connectivity index (χ2n) is 1.97. The van der Waals surface area contributed by atoms with Crippen molar-refractivity contribution in [1.29, 1.82) is 0 Å². The monoisotopic (exact) mass is 117 g/mol. The molecule has 0 saturated carbocycles. The van der Waals surface area contributed by atoms with Crippen LogP contribution in [0.5, 0.6) is 0 Å². The van der Waals surface area contributed by atoms with Gasteiger partial charge in [0.05, 0.1) is 0 Å². The molecule has 3 nitrogen and oxygen atoms in total. The first-order valence-electron chi connectivity index (χ1n) is 2.90. The van der Waals surface area contributed by atoms with E-state index < -0.39 is 0 Å². The van der Waals surface area contributed by atoms with Gasteiger partial charge in [-0.2, -0.15) is 0 Å². The summed E-state index contributed by atoms with van der Waals surface area (Å²) in [6.45, 7) is 3.07. The van der Waals surface area contributed by atoms with Gasteiger partial charge in [-0.25, -0.2) is 0 Å².